The molecule has 0 aliphatic rings. The lowest BCUT2D eigenvalue weighted by atomic mass is 10.0. The Balaban J connectivity index is 1.76. The van der Waals surface area contributed by atoms with Gasteiger partial charge in [0, 0.05) is 12.1 Å². The minimum Gasteiger partial charge on any atom is -0.342 e. The number of nitrogens with zero attached hydrogens (tertiary/aromatic N) is 3. The van der Waals surface area contributed by atoms with Crippen LogP contribution in [0, 0.1) is 12.8 Å². The molecule has 0 aliphatic heterocycles. The molecule has 2 aromatic carbocycles. The predicted molar refractivity (Wildman–Crippen MR) is 142 cm³/mol. The lowest BCUT2D eigenvalue weighted by molar-refractivity contribution is -0.137. The molecule has 1 heterocycles. The van der Waals surface area contributed by atoms with E-state index < -0.39 is 23.7 Å². The fourth-order valence-corrected chi connectivity index (χ4v) is 4.51. The first kappa shape index (κ1) is 29.2. The fraction of sp³-hybridized carbons (Fsp3) is 0.308. The lowest BCUT2D eigenvalue weighted by Gasteiger charge is -2.22. The van der Waals surface area contributed by atoms with Crippen molar-refractivity contribution >= 4 is 40.9 Å². The minimum atomic E-state index is -4.57. The van der Waals surface area contributed by atoms with E-state index in [0.717, 1.165) is 35.5 Å². The number of nitrogens with one attached hydrogen (secondary N) is 2. The van der Waals surface area contributed by atoms with E-state index in [9.17, 15) is 22.8 Å². The van der Waals surface area contributed by atoms with Crippen LogP contribution >= 0.6 is 23.4 Å². The average Bonchev–Trinajstić information content (AvgIpc) is 3.23. The zero-order valence-corrected chi connectivity index (χ0v) is 22.5. The van der Waals surface area contributed by atoms with Gasteiger partial charge in [0.2, 0.25) is 5.91 Å². The van der Waals surface area contributed by atoms with Gasteiger partial charge in [0.25, 0.3) is 5.91 Å². The third kappa shape index (κ3) is 7.38. The highest BCUT2D eigenvalue weighted by atomic mass is 35.5. The van der Waals surface area contributed by atoms with Crippen LogP contribution < -0.4 is 10.6 Å². The molecule has 0 saturated carbocycles. The summed E-state index contributed by atoms with van der Waals surface area (Å²) in [5, 5.41) is 14.3. The van der Waals surface area contributed by atoms with Gasteiger partial charge in [0.1, 0.15) is 0 Å². The van der Waals surface area contributed by atoms with Crippen molar-refractivity contribution in [3.63, 3.8) is 0 Å². The van der Waals surface area contributed by atoms with Crippen molar-refractivity contribution in [2.45, 2.75) is 44.7 Å². The molecule has 2 amide bonds. The van der Waals surface area contributed by atoms with Gasteiger partial charge in [-0.2, -0.15) is 13.2 Å². The lowest BCUT2D eigenvalue weighted by Crippen LogP contribution is -2.34. The van der Waals surface area contributed by atoms with Gasteiger partial charge >= 0.3 is 6.18 Å². The quantitative estimate of drug-likeness (QED) is 0.222. The maximum absolute atomic E-state index is 13.0. The summed E-state index contributed by atoms with van der Waals surface area (Å²) in [6.45, 7) is 9.86. The number of thioether (sulfide) groups is 1. The first-order valence-electron chi connectivity index (χ1n) is 11.6. The number of amides is 2. The van der Waals surface area contributed by atoms with Crippen LogP contribution in [0.15, 0.2) is 60.3 Å². The second-order valence-corrected chi connectivity index (χ2v) is 10.2. The van der Waals surface area contributed by atoms with Crippen LogP contribution in [-0.2, 0) is 17.5 Å². The van der Waals surface area contributed by atoms with Crippen molar-refractivity contribution in [1.82, 2.24) is 20.1 Å². The molecule has 202 valence electrons. The third-order valence-corrected chi connectivity index (χ3v) is 6.77. The van der Waals surface area contributed by atoms with Gasteiger partial charge < -0.3 is 15.2 Å². The number of rotatable bonds is 10. The zero-order valence-electron chi connectivity index (χ0n) is 21.0. The normalized spacial score (nSPS) is 12.3. The molecular formula is C26H27ClF3N5O2S. The molecule has 0 saturated heterocycles. The van der Waals surface area contributed by atoms with E-state index in [1.807, 2.05) is 26.8 Å². The van der Waals surface area contributed by atoms with E-state index in [1.165, 1.54) is 0 Å². The van der Waals surface area contributed by atoms with Crippen LogP contribution in [0.4, 0.5) is 18.9 Å². The number of carbonyl (C=O) groups excluding carboxylic acids is 2. The average molecular weight is 566 g/mol. The molecule has 3 aromatic rings. The van der Waals surface area contributed by atoms with E-state index in [-0.39, 0.29) is 28.3 Å². The zero-order chi connectivity index (χ0) is 28.0. The number of aryl methyl sites for hydroxylation is 1. The van der Waals surface area contributed by atoms with Gasteiger partial charge in [-0.25, -0.2) is 0 Å². The molecule has 0 radical (unpaired) electrons. The molecule has 0 fully saturated rings. The number of hydrogen-bond acceptors (Lipinski definition) is 5. The van der Waals surface area contributed by atoms with Gasteiger partial charge in [-0.05, 0) is 43.2 Å². The van der Waals surface area contributed by atoms with E-state index in [0.29, 0.717) is 23.1 Å². The van der Waals surface area contributed by atoms with Crippen molar-refractivity contribution in [3.05, 3.63) is 82.7 Å². The summed E-state index contributed by atoms with van der Waals surface area (Å²) in [5.74, 6) is -0.541. The summed E-state index contributed by atoms with van der Waals surface area (Å²) < 4.78 is 40.8. The number of halogens is 4. The topological polar surface area (TPSA) is 88.9 Å². The van der Waals surface area contributed by atoms with Crippen molar-refractivity contribution in [2.24, 2.45) is 5.92 Å². The van der Waals surface area contributed by atoms with E-state index >= 15 is 0 Å². The number of benzene rings is 2. The summed E-state index contributed by atoms with van der Waals surface area (Å²) in [4.78, 5) is 25.5. The molecule has 0 unspecified atom stereocenters. The Hall–Kier alpha value is -3.31. The van der Waals surface area contributed by atoms with Gasteiger partial charge in [0.05, 0.1) is 28.1 Å². The van der Waals surface area contributed by atoms with Gasteiger partial charge in [-0.3, -0.25) is 9.59 Å². The summed E-state index contributed by atoms with van der Waals surface area (Å²) >= 11 is 7.02. The highest BCUT2D eigenvalue weighted by Gasteiger charge is 2.31. The largest absolute Gasteiger partial charge is 0.416 e. The maximum Gasteiger partial charge on any atom is 0.416 e. The molecule has 1 aromatic heterocycles. The Morgan fingerprint density at radius 1 is 1.18 bits per heavy atom. The molecule has 0 aliphatic carbocycles. The van der Waals surface area contributed by atoms with Crippen LogP contribution in [0.2, 0.25) is 5.02 Å². The highest BCUT2D eigenvalue weighted by molar-refractivity contribution is 7.99. The number of allylic oxidation sites excluding steroid dienone is 1. The van der Waals surface area contributed by atoms with Gasteiger partial charge in [-0.15, -0.1) is 16.8 Å². The number of carbonyl (C=O) groups is 2. The Morgan fingerprint density at radius 2 is 1.92 bits per heavy atom. The fourth-order valence-electron chi connectivity index (χ4n) is 3.59. The van der Waals surface area contributed by atoms with E-state index in [1.54, 1.807) is 28.8 Å². The molecule has 2 N–H and O–H groups in total. The molecule has 7 nitrogen and oxygen atoms in total. The monoisotopic (exact) mass is 565 g/mol. The third-order valence-electron chi connectivity index (χ3n) is 5.47. The molecule has 0 spiro atoms. The van der Waals surface area contributed by atoms with E-state index in [4.69, 9.17) is 11.6 Å². The van der Waals surface area contributed by atoms with Crippen molar-refractivity contribution in [2.75, 3.05) is 11.1 Å². The Bertz CT molecular complexity index is 1330. The second-order valence-electron chi connectivity index (χ2n) is 8.83. The Kier molecular flexibility index (Phi) is 9.61. The van der Waals surface area contributed by atoms with Crippen molar-refractivity contribution in [1.29, 1.82) is 0 Å². The van der Waals surface area contributed by atoms with Gasteiger partial charge in [-0.1, -0.05) is 61.0 Å². The van der Waals surface area contributed by atoms with E-state index in [2.05, 4.69) is 27.4 Å². The maximum atomic E-state index is 13.0. The van der Waals surface area contributed by atoms with Gasteiger partial charge in [0.15, 0.2) is 11.0 Å². The smallest absolute Gasteiger partial charge is 0.342 e. The van der Waals surface area contributed by atoms with Crippen molar-refractivity contribution < 1.29 is 22.8 Å². The van der Waals surface area contributed by atoms with Crippen LogP contribution in [0.5, 0.6) is 0 Å². The molecule has 12 heteroatoms. The molecule has 1 atom stereocenters. The van der Waals surface area contributed by atoms with Crippen LogP contribution in [-0.4, -0.2) is 32.3 Å². The summed E-state index contributed by atoms with van der Waals surface area (Å²) in [6.07, 6.45) is -2.93. The van der Waals surface area contributed by atoms with Crippen molar-refractivity contribution in [3.8, 4) is 0 Å². The molecular weight excluding hydrogens is 539 g/mol. The summed E-state index contributed by atoms with van der Waals surface area (Å²) in [6, 6.07) is 9.45. The van der Waals surface area contributed by atoms with Crippen LogP contribution in [0.3, 0.4) is 0 Å². The summed E-state index contributed by atoms with van der Waals surface area (Å²) in [5.41, 5.74) is 0.411. The minimum absolute atomic E-state index is 0.0161. The number of alkyl halides is 3. The Labute approximate surface area is 227 Å². The number of aromatic nitrogens is 3. The molecule has 3 rings (SSSR count). The standard InChI is InChI=1S/C26H27ClF3N5O2S/c1-5-11-35-23(22(15(2)3)32-24(37)17-8-6-7-16(4)12-17)33-34-25(35)38-14-21(36)31-20-13-18(26(28,29)30)9-10-19(20)27/h5-10,12-13,15,22H,1,11,14H2,2-4H3,(H,31,36)(H,32,37)/t22-/m1/s1. The van der Waals surface area contributed by atoms with Crippen LogP contribution in [0.25, 0.3) is 0 Å². The highest BCUT2D eigenvalue weighted by Crippen LogP contribution is 2.34. The number of anilines is 1. The SMILES string of the molecule is C=CCn1c(SCC(=O)Nc2cc(C(F)(F)F)ccc2Cl)nnc1[C@H](NC(=O)c1cccc(C)c1)C(C)C. The first-order valence-corrected chi connectivity index (χ1v) is 13.0. The first-order chi connectivity index (χ1) is 17.9. The number of hydrogen-bond donors (Lipinski definition) is 2. The van der Waals surface area contributed by atoms with Crippen LogP contribution in [0.1, 0.15) is 47.2 Å². The Morgan fingerprint density at radius 3 is 2.55 bits per heavy atom. The molecule has 0 bridgehead atoms. The predicted octanol–water partition coefficient (Wildman–Crippen LogP) is 6.30. The summed E-state index contributed by atoms with van der Waals surface area (Å²) in [7, 11) is 0. The second kappa shape index (κ2) is 12.5. The molecule has 38 heavy (non-hydrogen) atoms.